The van der Waals surface area contributed by atoms with Crippen molar-refractivity contribution in [2.24, 2.45) is 0 Å². The van der Waals surface area contributed by atoms with Gasteiger partial charge in [0.1, 0.15) is 0 Å². The van der Waals surface area contributed by atoms with Crippen molar-refractivity contribution in [3.8, 4) is 0 Å². The summed E-state index contributed by atoms with van der Waals surface area (Å²) in [4.78, 5) is 4.47. The van der Waals surface area contributed by atoms with Gasteiger partial charge in [-0.1, -0.05) is 27.7 Å². The molecule has 0 aromatic carbocycles. The Morgan fingerprint density at radius 1 is 0.917 bits per heavy atom. The molecule has 3 rings (SSSR count). The molecule has 3 heterocycles. The SMILES string of the molecule is CC(C)c1ccc(CC(C)c2csc(CC(C)c3ccoc3)c2)s1. The molecule has 0 saturated heterocycles. The van der Waals surface area contributed by atoms with Gasteiger partial charge in [0.25, 0.3) is 0 Å². The Kier molecular flexibility index (Phi) is 5.62. The first-order valence-electron chi connectivity index (χ1n) is 8.71. The highest BCUT2D eigenvalue weighted by molar-refractivity contribution is 7.12. The van der Waals surface area contributed by atoms with Gasteiger partial charge < -0.3 is 4.42 Å². The minimum Gasteiger partial charge on any atom is -0.472 e. The number of hydrogen-bond donors (Lipinski definition) is 0. The lowest BCUT2D eigenvalue weighted by Crippen LogP contribution is -1.96. The molecule has 0 aliphatic rings. The maximum Gasteiger partial charge on any atom is 0.0937 e. The minimum atomic E-state index is 0.511. The summed E-state index contributed by atoms with van der Waals surface area (Å²) in [5, 5.41) is 2.35. The fourth-order valence-corrected chi connectivity index (χ4v) is 5.25. The molecule has 24 heavy (non-hydrogen) atoms. The first-order chi connectivity index (χ1) is 11.5. The van der Waals surface area contributed by atoms with E-state index in [1.54, 1.807) is 6.26 Å². The second kappa shape index (κ2) is 7.71. The third-order valence-corrected chi connectivity index (χ3v) is 7.01. The fourth-order valence-electron chi connectivity index (χ4n) is 2.97. The van der Waals surface area contributed by atoms with Gasteiger partial charge in [-0.15, -0.1) is 22.7 Å². The van der Waals surface area contributed by atoms with Crippen LogP contribution in [0.5, 0.6) is 0 Å². The Bertz CT molecular complexity index is 749. The molecular formula is C21H26OS2. The van der Waals surface area contributed by atoms with E-state index in [0.717, 1.165) is 12.8 Å². The Hall–Kier alpha value is -1.32. The van der Waals surface area contributed by atoms with Crippen LogP contribution in [0.1, 0.15) is 71.2 Å². The fraction of sp³-hybridized carbons (Fsp3) is 0.429. The molecule has 0 aliphatic carbocycles. The molecular weight excluding hydrogens is 332 g/mol. The maximum atomic E-state index is 5.21. The van der Waals surface area contributed by atoms with Crippen LogP contribution in [-0.4, -0.2) is 0 Å². The normalized spacial score (nSPS) is 14.2. The molecule has 1 nitrogen and oxygen atoms in total. The lowest BCUT2D eigenvalue weighted by molar-refractivity contribution is 0.560. The van der Waals surface area contributed by atoms with Crippen LogP contribution in [0, 0.1) is 0 Å². The highest BCUT2D eigenvalue weighted by Crippen LogP contribution is 2.32. The summed E-state index contributed by atoms with van der Waals surface area (Å²) in [7, 11) is 0. The van der Waals surface area contributed by atoms with Gasteiger partial charge in [0.2, 0.25) is 0 Å². The zero-order chi connectivity index (χ0) is 17.1. The van der Waals surface area contributed by atoms with Gasteiger partial charge in [-0.2, -0.15) is 0 Å². The van der Waals surface area contributed by atoms with E-state index >= 15 is 0 Å². The summed E-state index contributed by atoms with van der Waals surface area (Å²) in [6, 6.07) is 9.08. The minimum absolute atomic E-state index is 0.511. The van der Waals surface area contributed by atoms with Gasteiger partial charge >= 0.3 is 0 Å². The second-order valence-corrected chi connectivity index (χ2v) is 9.27. The Morgan fingerprint density at radius 2 is 1.67 bits per heavy atom. The third kappa shape index (κ3) is 4.20. The molecule has 0 aliphatic heterocycles. The van der Waals surface area contributed by atoms with E-state index in [0.29, 0.717) is 17.8 Å². The van der Waals surface area contributed by atoms with Crippen molar-refractivity contribution in [1.82, 2.24) is 0 Å². The number of hydrogen-bond acceptors (Lipinski definition) is 3. The van der Waals surface area contributed by atoms with E-state index in [2.05, 4.69) is 57.3 Å². The highest BCUT2D eigenvalue weighted by atomic mass is 32.1. The van der Waals surface area contributed by atoms with Gasteiger partial charge in [-0.05, 0) is 71.4 Å². The monoisotopic (exact) mass is 358 g/mol. The smallest absolute Gasteiger partial charge is 0.0937 e. The summed E-state index contributed by atoms with van der Waals surface area (Å²) in [6.07, 6.45) is 5.86. The standard InChI is InChI=1S/C21H26OS2/c1-14(2)21-6-5-19(24-21)9-16(4)18-11-20(23-13-18)10-15(3)17-7-8-22-12-17/h5-8,11-16H,9-10H2,1-4H3. The Labute approximate surface area is 153 Å². The lowest BCUT2D eigenvalue weighted by atomic mass is 9.97. The van der Waals surface area contributed by atoms with Crippen LogP contribution in [0.2, 0.25) is 0 Å². The molecule has 0 N–H and O–H groups in total. The molecule has 3 aromatic rings. The third-order valence-electron chi connectivity index (χ3n) is 4.62. The molecule has 0 radical (unpaired) electrons. The van der Waals surface area contributed by atoms with Gasteiger partial charge in [-0.3, -0.25) is 0 Å². The van der Waals surface area contributed by atoms with Crippen molar-refractivity contribution in [2.45, 2.75) is 58.3 Å². The number of furan rings is 1. The van der Waals surface area contributed by atoms with Gasteiger partial charge in [-0.25, -0.2) is 0 Å². The van der Waals surface area contributed by atoms with E-state index in [1.807, 2.05) is 28.9 Å². The van der Waals surface area contributed by atoms with Crippen LogP contribution in [0.3, 0.4) is 0 Å². The molecule has 2 atom stereocenters. The van der Waals surface area contributed by atoms with Crippen molar-refractivity contribution in [3.63, 3.8) is 0 Å². The van der Waals surface area contributed by atoms with Gasteiger partial charge in [0.05, 0.1) is 12.5 Å². The van der Waals surface area contributed by atoms with Crippen LogP contribution in [0.4, 0.5) is 0 Å². The molecule has 0 fully saturated rings. The zero-order valence-electron chi connectivity index (χ0n) is 14.9. The Balaban J connectivity index is 1.61. The highest BCUT2D eigenvalue weighted by Gasteiger charge is 2.14. The second-order valence-electron chi connectivity index (χ2n) is 7.07. The van der Waals surface area contributed by atoms with Crippen LogP contribution in [0.25, 0.3) is 0 Å². The van der Waals surface area contributed by atoms with Gasteiger partial charge in [0.15, 0.2) is 0 Å². The quantitative estimate of drug-likeness (QED) is 0.434. The number of thiophene rings is 2. The molecule has 3 aromatic heterocycles. The molecule has 2 unspecified atom stereocenters. The summed E-state index contributed by atoms with van der Waals surface area (Å²) in [5.74, 6) is 1.73. The lowest BCUT2D eigenvalue weighted by Gasteiger charge is -2.09. The van der Waals surface area contributed by atoms with E-state index in [9.17, 15) is 0 Å². The van der Waals surface area contributed by atoms with Crippen molar-refractivity contribution in [1.29, 1.82) is 0 Å². The van der Waals surface area contributed by atoms with E-state index in [4.69, 9.17) is 4.42 Å². The van der Waals surface area contributed by atoms with Crippen molar-refractivity contribution >= 4 is 22.7 Å². The van der Waals surface area contributed by atoms with Crippen LogP contribution < -0.4 is 0 Å². The average molecular weight is 359 g/mol. The summed E-state index contributed by atoms with van der Waals surface area (Å²) in [6.45, 7) is 9.16. The molecule has 0 amide bonds. The molecule has 0 spiro atoms. The van der Waals surface area contributed by atoms with Crippen LogP contribution in [-0.2, 0) is 12.8 Å². The average Bonchev–Trinajstić information content (AvgIpc) is 3.28. The summed E-state index contributed by atoms with van der Waals surface area (Å²) in [5.41, 5.74) is 2.77. The topological polar surface area (TPSA) is 13.1 Å². The van der Waals surface area contributed by atoms with E-state index < -0.39 is 0 Å². The first kappa shape index (κ1) is 17.5. The predicted molar refractivity (Wildman–Crippen MR) is 106 cm³/mol. The van der Waals surface area contributed by atoms with Gasteiger partial charge in [0, 0.05) is 14.6 Å². The van der Waals surface area contributed by atoms with E-state index in [-0.39, 0.29) is 0 Å². The number of rotatable bonds is 7. The van der Waals surface area contributed by atoms with Crippen LogP contribution in [0.15, 0.2) is 46.6 Å². The van der Waals surface area contributed by atoms with Crippen molar-refractivity contribution < 1.29 is 4.42 Å². The molecule has 0 bridgehead atoms. The summed E-state index contributed by atoms with van der Waals surface area (Å²) < 4.78 is 5.21. The van der Waals surface area contributed by atoms with E-state index in [1.165, 1.54) is 25.8 Å². The first-order valence-corrected chi connectivity index (χ1v) is 10.4. The van der Waals surface area contributed by atoms with Crippen molar-refractivity contribution in [2.75, 3.05) is 0 Å². The zero-order valence-corrected chi connectivity index (χ0v) is 16.5. The Morgan fingerprint density at radius 3 is 2.33 bits per heavy atom. The molecule has 128 valence electrons. The molecule has 0 saturated carbocycles. The summed E-state index contributed by atoms with van der Waals surface area (Å²) >= 11 is 3.87. The largest absolute Gasteiger partial charge is 0.472 e. The maximum absolute atomic E-state index is 5.21. The van der Waals surface area contributed by atoms with Crippen LogP contribution >= 0.6 is 22.7 Å². The predicted octanol–water partition coefficient (Wildman–Crippen LogP) is 7.22. The van der Waals surface area contributed by atoms with Crippen molar-refractivity contribution in [3.05, 3.63) is 67.9 Å². The molecule has 3 heteroatoms.